The molecule has 2 aromatic rings. The Labute approximate surface area is 116 Å². The summed E-state index contributed by atoms with van der Waals surface area (Å²) >= 11 is 11.8. The molecule has 0 aliphatic rings. The highest BCUT2D eigenvalue weighted by molar-refractivity contribution is 6.35. The molecule has 94 valence electrons. The summed E-state index contributed by atoms with van der Waals surface area (Å²) in [6, 6.07) is 9.72. The molecule has 0 saturated carbocycles. The van der Waals surface area contributed by atoms with Gasteiger partial charge >= 0.3 is 0 Å². The van der Waals surface area contributed by atoms with E-state index in [2.05, 4.69) is 16.4 Å². The number of rotatable bonds is 4. The first kappa shape index (κ1) is 13.1. The molecule has 1 aromatic carbocycles. The highest BCUT2D eigenvalue weighted by Crippen LogP contribution is 2.22. The summed E-state index contributed by atoms with van der Waals surface area (Å²) in [4.78, 5) is 4.14. The van der Waals surface area contributed by atoms with Crippen molar-refractivity contribution in [1.82, 2.24) is 4.98 Å². The number of nitrogens with two attached hydrogens (primary N) is 1. The molecule has 1 heterocycles. The molecule has 0 bridgehead atoms. The molecular formula is C13H13Cl2N3. The van der Waals surface area contributed by atoms with Crippen molar-refractivity contribution in [2.75, 3.05) is 5.32 Å². The number of hydrogen-bond donors (Lipinski definition) is 2. The molecule has 2 rings (SSSR count). The van der Waals surface area contributed by atoms with Crippen molar-refractivity contribution < 1.29 is 0 Å². The van der Waals surface area contributed by atoms with Crippen LogP contribution in [-0.4, -0.2) is 4.98 Å². The van der Waals surface area contributed by atoms with Crippen molar-refractivity contribution in [2.45, 2.75) is 13.1 Å². The predicted octanol–water partition coefficient (Wildman–Crippen LogP) is 3.46. The topological polar surface area (TPSA) is 50.9 Å². The van der Waals surface area contributed by atoms with Crippen molar-refractivity contribution in [3.8, 4) is 0 Å². The zero-order chi connectivity index (χ0) is 13.0. The van der Waals surface area contributed by atoms with E-state index in [9.17, 15) is 0 Å². The highest BCUT2D eigenvalue weighted by atomic mass is 35.5. The average Bonchev–Trinajstić information content (AvgIpc) is 2.38. The van der Waals surface area contributed by atoms with Crippen LogP contribution in [0.25, 0.3) is 0 Å². The molecule has 18 heavy (non-hydrogen) atoms. The van der Waals surface area contributed by atoms with Gasteiger partial charge in [-0.05, 0) is 17.2 Å². The van der Waals surface area contributed by atoms with Crippen LogP contribution in [0.1, 0.15) is 11.1 Å². The Morgan fingerprint density at radius 3 is 2.67 bits per heavy atom. The van der Waals surface area contributed by atoms with Gasteiger partial charge in [-0.3, -0.25) is 0 Å². The van der Waals surface area contributed by atoms with E-state index in [4.69, 9.17) is 28.9 Å². The Kier molecular flexibility index (Phi) is 4.42. The van der Waals surface area contributed by atoms with Crippen molar-refractivity contribution in [3.63, 3.8) is 0 Å². The van der Waals surface area contributed by atoms with Gasteiger partial charge in [-0.25, -0.2) is 4.98 Å². The van der Waals surface area contributed by atoms with Crippen LogP contribution in [-0.2, 0) is 13.1 Å². The molecule has 5 heteroatoms. The summed E-state index contributed by atoms with van der Waals surface area (Å²) < 4.78 is 0. The normalized spacial score (nSPS) is 10.4. The summed E-state index contributed by atoms with van der Waals surface area (Å²) in [5, 5.41) is 4.20. The largest absolute Gasteiger partial charge is 0.365 e. The second-order valence-corrected chi connectivity index (χ2v) is 4.71. The Morgan fingerprint density at radius 2 is 1.94 bits per heavy atom. The first-order chi connectivity index (χ1) is 8.69. The first-order valence-electron chi connectivity index (χ1n) is 5.52. The van der Waals surface area contributed by atoms with Crippen molar-refractivity contribution >= 4 is 29.0 Å². The quantitative estimate of drug-likeness (QED) is 0.902. The molecular weight excluding hydrogens is 269 g/mol. The number of nitrogens with zero attached hydrogens (tertiary/aromatic N) is 1. The summed E-state index contributed by atoms with van der Waals surface area (Å²) in [5.74, 6) is 0.624. The second kappa shape index (κ2) is 6.05. The van der Waals surface area contributed by atoms with Crippen LogP contribution in [0.3, 0.4) is 0 Å². The van der Waals surface area contributed by atoms with Crippen molar-refractivity contribution in [1.29, 1.82) is 0 Å². The van der Waals surface area contributed by atoms with Crippen molar-refractivity contribution in [2.24, 2.45) is 5.73 Å². The smallest absolute Gasteiger partial charge is 0.145 e. The van der Waals surface area contributed by atoms with E-state index in [0.717, 1.165) is 11.1 Å². The maximum Gasteiger partial charge on any atom is 0.145 e. The lowest BCUT2D eigenvalue weighted by Gasteiger charge is -2.08. The fourth-order valence-electron chi connectivity index (χ4n) is 1.60. The summed E-state index contributed by atoms with van der Waals surface area (Å²) in [6.07, 6.45) is 1.56. The van der Waals surface area contributed by atoms with Gasteiger partial charge in [0.25, 0.3) is 0 Å². The lowest BCUT2D eigenvalue weighted by atomic mass is 10.1. The van der Waals surface area contributed by atoms with Crippen LogP contribution in [0.15, 0.2) is 36.5 Å². The van der Waals surface area contributed by atoms with Gasteiger partial charge in [-0.1, -0.05) is 47.5 Å². The lowest BCUT2D eigenvalue weighted by molar-refractivity contribution is 1.04. The lowest BCUT2D eigenvalue weighted by Crippen LogP contribution is -2.03. The Bertz CT molecular complexity index is 544. The Balaban J connectivity index is 2.06. The van der Waals surface area contributed by atoms with Gasteiger partial charge in [0.05, 0.1) is 10.0 Å². The minimum absolute atomic E-state index is 0.512. The van der Waals surface area contributed by atoms with Crippen molar-refractivity contribution in [3.05, 3.63) is 57.7 Å². The van der Waals surface area contributed by atoms with E-state index < -0.39 is 0 Å². The minimum Gasteiger partial charge on any atom is -0.365 e. The molecule has 0 aliphatic heterocycles. The van der Waals surface area contributed by atoms with E-state index in [0.29, 0.717) is 29.0 Å². The van der Waals surface area contributed by atoms with E-state index in [1.165, 1.54) is 0 Å². The average molecular weight is 282 g/mol. The molecule has 1 aromatic heterocycles. The SMILES string of the molecule is NCc1cccc(CNc2ncc(Cl)cc2Cl)c1. The Morgan fingerprint density at radius 1 is 1.17 bits per heavy atom. The van der Waals surface area contributed by atoms with Crippen LogP contribution in [0, 0.1) is 0 Å². The minimum atomic E-state index is 0.512. The summed E-state index contributed by atoms with van der Waals surface area (Å²) in [6.45, 7) is 1.18. The van der Waals surface area contributed by atoms with Gasteiger partial charge in [-0.2, -0.15) is 0 Å². The third-order valence-electron chi connectivity index (χ3n) is 2.49. The van der Waals surface area contributed by atoms with Crippen LogP contribution in [0.5, 0.6) is 0 Å². The van der Waals surface area contributed by atoms with E-state index in [-0.39, 0.29) is 0 Å². The molecule has 0 amide bonds. The van der Waals surface area contributed by atoms with Gasteiger partial charge in [0.1, 0.15) is 5.82 Å². The molecule has 3 N–H and O–H groups in total. The third kappa shape index (κ3) is 3.35. The molecule has 0 unspecified atom stereocenters. The van der Waals surface area contributed by atoms with Crippen LogP contribution >= 0.6 is 23.2 Å². The number of anilines is 1. The summed E-state index contributed by atoms with van der Waals surface area (Å²) in [5.41, 5.74) is 7.83. The maximum atomic E-state index is 6.02. The zero-order valence-corrected chi connectivity index (χ0v) is 11.2. The number of nitrogens with one attached hydrogen (secondary N) is 1. The number of hydrogen-bond acceptors (Lipinski definition) is 3. The van der Waals surface area contributed by atoms with Gasteiger partial charge < -0.3 is 11.1 Å². The van der Waals surface area contributed by atoms with Crippen LogP contribution in [0.2, 0.25) is 10.0 Å². The molecule has 0 aliphatic carbocycles. The van der Waals surface area contributed by atoms with E-state index in [1.54, 1.807) is 12.3 Å². The molecule has 0 spiro atoms. The van der Waals surface area contributed by atoms with E-state index >= 15 is 0 Å². The van der Waals surface area contributed by atoms with Gasteiger partial charge in [-0.15, -0.1) is 0 Å². The third-order valence-corrected chi connectivity index (χ3v) is 2.99. The second-order valence-electron chi connectivity index (χ2n) is 3.86. The maximum absolute atomic E-state index is 6.02. The zero-order valence-electron chi connectivity index (χ0n) is 9.66. The van der Waals surface area contributed by atoms with Gasteiger partial charge in [0.2, 0.25) is 0 Å². The Hall–Kier alpha value is -1.29. The fourth-order valence-corrected chi connectivity index (χ4v) is 2.04. The van der Waals surface area contributed by atoms with Crippen LogP contribution in [0.4, 0.5) is 5.82 Å². The fraction of sp³-hybridized carbons (Fsp3) is 0.154. The van der Waals surface area contributed by atoms with Crippen LogP contribution < -0.4 is 11.1 Å². The van der Waals surface area contributed by atoms with E-state index in [1.807, 2.05) is 18.2 Å². The molecule has 0 fully saturated rings. The number of halogens is 2. The highest BCUT2D eigenvalue weighted by Gasteiger charge is 2.02. The summed E-state index contributed by atoms with van der Waals surface area (Å²) in [7, 11) is 0. The predicted molar refractivity (Wildman–Crippen MR) is 75.9 cm³/mol. The molecule has 0 saturated heterocycles. The monoisotopic (exact) mass is 281 g/mol. The standard InChI is InChI=1S/C13H13Cl2N3/c14-11-5-12(15)13(18-8-11)17-7-10-3-1-2-9(4-10)6-16/h1-5,8H,6-7,16H2,(H,17,18). The first-order valence-corrected chi connectivity index (χ1v) is 6.27. The molecule has 0 atom stereocenters. The number of benzene rings is 1. The van der Waals surface area contributed by atoms with Gasteiger partial charge in [0, 0.05) is 19.3 Å². The van der Waals surface area contributed by atoms with Gasteiger partial charge in [0.15, 0.2) is 0 Å². The number of aromatic nitrogens is 1. The molecule has 3 nitrogen and oxygen atoms in total. The molecule has 0 radical (unpaired) electrons. The number of pyridine rings is 1.